The average molecular weight is 865 g/mol. The van der Waals surface area contributed by atoms with Gasteiger partial charge in [0.15, 0.2) is 11.5 Å². The van der Waals surface area contributed by atoms with Crippen molar-refractivity contribution in [2.24, 2.45) is 7.05 Å². The van der Waals surface area contributed by atoms with E-state index in [1.165, 1.54) is 5.56 Å². The molecule has 1 N–H and O–H groups in total. The number of hydrogen-bond donors (Lipinski definition) is 1. The van der Waals surface area contributed by atoms with Gasteiger partial charge in [-0.3, -0.25) is 19.4 Å². The van der Waals surface area contributed by atoms with Crippen molar-refractivity contribution in [3.8, 4) is 28.5 Å². The highest BCUT2D eigenvalue weighted by Gasteiger charge is 2.38. The molecule has 1 saturated heterocycles. The number of carbonyl (C=O) groups excluding carboxylic acids is 3. The first-order chi connectivity index (χ1) is 30.9. The number of hydrogen-bond acceptors (Lipinski definition) is 9. The zero-order chi connectivity index (χ0) is 44.3. The third-order valence-corrected chi connectivity index (χ3v) is 12.7. The molecule has 6 heterocycles. The molecule has 4 aliphatic heterocycles. The van der Waals surface area contributed by atoms with Gasteiger partial charge in [-0.2, -0.15) is 0 Å². The van der Waals surface area contributed by atoms with Crippen molar-refractivity contribution >= 4 is 40.2 Å². The number of rotatable bonds is 7. The minimum Gasteiger partial charge on any atom is -0.508 e. The van der Waals surface area contributed by atoms with Crippen LogP contribution in [0.4, 0.5) is 16.2 Å². The van der Waals surface area contributed by atoms with E-state index in [1.807, 2.05) is 85.9 Å². The first-order valence-electron chi connectivity index (χ1n) is 21.9. The lowest BCUT2D eigenvalue weighted by Crippen LogP contribution is -2.52. The summed E-state index contributed by atoms with van der Waals surface area (Å²) in [5.41, 5.74) is 6.35. The van der Waals surface area contributed by atoms with Crippen molar-refractivity contribution < 1.29 is 38.4 Å². The van der Waals surface area contributed by atoms with E-state index in [4.69, 9.17) is 18.9 Å². The fourth-order valence-corrected chi connectivity index (χ4v) is 9.46. The monoisotopic (exact) mass is 864 g/mol. The van der Waals surface area contributed by atoms with E-state index in [0.29, 0.717) is 96.8 Å². The molecule has 4 aliphatic rings. The molecule has 330 valence electrons. The summed E-state index contributed by atoms with van der Waals surface area (Å²) in [4.78, 5) is 52.4. The highest BCUT2D eigenvalue weighted by atomic mass is 16.7. The Morgan fingerprint density at radius 2 is 1.55 bits per heavy atom. The van der Waals surface area contributed by atoms with Crippen molar-refractivity contribution in [1.29, 1.82) is 0 Å². The van der Waals surface area contributed by atoms with E-state index in [2.05, 4.69) is 27.7 Å². The highest BCUT2D eigenvalue weighted by molar-refractivity contribution is 6.13. The average Bonchev–Trinajstić information content (AvgIpc) is 4.02. The van der Waals surface area contributed by atoms with Crippen molar-refractivity contribution in [3.63, 3.8) is 0 Å². The second-order valence-electron chi connectivity index (χ2n) is 18.0. The second-order valence-corrected chi connectivity index (χ2v) is 18.0. The number of morpholine rings is 1. The SMILES string of the molecule is Cn1ccc2cc(N(C(=O)c3cc(-c4cc5c(cc4C(=O)N4Cc6ccccc6C[C@H]4CN4CCOCC4)OCO5)n4c3CN(C(=O)OC(C)(C)C)CC4)c3ccc(O)cc3)ccc21. The molecule has 0 radical (unpaired) electrons. The number of ether oxygens (including phenoxy) is 4. The Labute approximate surface area is 371 Å². The lowest BCUT2D eigenvalue weighted by atomic mass is 9.92. The van der Waals surface area contributed by atoms with Gasteiger partial charge in [-0.25, -0.2) is 4.79 Å². The molecule has 10 rings (SSSR count). The number of aromatic hydroxyl groups is 1. The molecule has 6 aromatic rings. The van der Waals surface area contributed by atoms with Gasteiger partial charge in [0.1, 0.15) is 11.4 Å². The summed E-state index contributed by atoms with van der Waals surface area (Å²) in [5.74, 6) is 0.528. The summed E-state index contributed by atoms with van der Waals surface area (Å²) in [5, 5.41) is 11.3. The van der Waals surface area contributed by atoms with E-state index >= 15 is 9.59 Å². The molecular weight excluding hydrogens is 813 g/mol. The largest absolute Gasteiger partial charge is 0.508 e. The minimum atomic E-state index is -0.734. The van der Waals surface area contributed by atoms with Gasteiger partial charge >= 0.3 is 6.09 Å². The highest BCUT2D eigenvalue weighted by Crippen LogP contribution is 2.43. The second kappa shape index (κ2) is 16.4. The third-order valence-electron chi connectivity index (χ3n) is 12.7. The van der Waals surface area contributed by atoms with Crippen LogP contribution in [0.3, 0.4) is 0 Å². The number of anilines is 2. The zero-order valence-electron chi connectivity index (χ0n) is 36.6. The van der Waals surface area contributed by atoms with Crippen molar-refractivity contribution in [2.45, 2.75) is 58.5 Å². The van der Waals surface area contributed by atoms with Gasteiger partial charge in [0, 0.05) is 86.4 Å². The summed E-state index contributed by atoms with van der Waals surface area (Å²) in [6.07, 6.45) is 2.20. The van der Waals surface area contributed by atoms with Crippen LogP contribution in [0, 0.1) is 0 Å². The Bertz CT molecular complexity index is 2780. The van der Waals surface area contributed by atoms with E-state index in [9.17, 15) is 9.90 Å². The van der Waals surface area contributed by atoms with Gasteiger partial charge in [0.05, 0.1) is 42.3 Å². The van der Waals surface area contributed by atoms with Crippen LogP contribution in [-0.2, 0) is 42.6 Å². The molecule has 1 fully saturated rings. The predicted molar refractivity (Wildman–Crippen MR) is 241 cm³/mol. The number of aromatic nitrogens is 2. The number of phenolic OH excluding ortho intramolecular Hbond substituents is 1. The van der Waals surface area contributed by atoms with Gasteiger partial charge in [-0.15, -0.1) is 0 Å². The molecule has 0 unspecified atom stereocenters. The Morgan fingerprint density at radius 1 is 0.812 bits per heavy atom. The first-order valence-corrected chi connectivity index (χ1v) is 21.9. The number of aryl methyl sites for hydroxylation is 1. The summed E-state index contributed by atoms with van der Waals surface area (Å²) < 4.78 is 27.5. The number of nitrogens with zero attached hydrogens (tertiary/aromatic N) is 6. The van der Waals surface area contributed by atoms with Crippen LogP contribution in [0.2, 0.25) is 0 Å². The fraction of sp³-hybridized carbons (Fsp3) is 0.340. The van der Waals surface area contributed by atoms with Crippen LogP contribution in [0.15, 0.2) is 97.2 Å². The summed E-state index contributed by atoms with van der Waals surface area (Å²) in [6.45, 7) is 10.2. The van der Waals surface area contributed by atoms with Crippen molar-refractivity contribution in [3.05, 3.63) is 125 Å². The number of carbonyl (C=O) groups is 3. The molecule has 0 saturated carbocycles. The maximum atomic E-state index is 15.6. The zero-order valence-corrected chi connectivity index (χ0v) is 36.6. The van der Waals surface area contributed by atoms with Gasteiger partial charge in [0.25, 0.3) is 11.8 Å². The summed E-state index contributed by atoms with van der Waals surface area (Å²) in [6, 6.07) is 28.0. The Hall–Kier alpha value is -6.77. The number of benzene rings is 4. The molecule has 4 aromatic carbocycles. The standard InChI is InChI=1S/C50H52N6O8/c1-50(2,3)64-49(60)53-17-18-54-43(25-41(44(54)30-53)48(59)56(35-9-12-38(57)13-10-35)36-11-14-42-33(24-36)15-16-51(42)4)39-26-45-46(63-31-62-45)27-40(39)47(58)55-28-34-8-6-5-7-32(34)23-37(55)29-52-19-21-61-22-20-52/h5-16,24-27,37,57H,17-23,28-31H2,1-4H3/t37-/m0/s1. The van der Waals surface area contributed by atoms with E-state index < -0.39 is 11.7 Å². The minimum absolute atomic E-state index is 0.0113. The smallest absolute Gasteiger partial charge is 0.410 e. The van der Waals surface area contributed by atoms with Crippen LogP contribution in [0.25, 0.3) is 22.2 Å². The van der Waals surface area contributed by atoms with Crippen LogP contribution in [0.5, 0.6) is 17.2 Å². The predicted octanol–water partition coefficient (Wildman–Crippen LogP) is 7.71. The van der Waals surface area contributed by atoms with Crippen LogP contribution in [-0.4, -0.2) is 105 Å². The topological polar surface area (TPSA) is 131 Å². The number of amides is 3. The lowest BCUT2D eigenvalue weighted by Gasteiger charge is -2.40. The van der Waals surface area contributed by atoms with Gasteiger partial charge in [0.2, 0.25) is 6.79 Å². The molecular formula is C50H52N6O8. The summed E-state index contributed by atoms with van der Waals surface area (Å²) in [7, 11) is 1.97. The summed E-state index contributed by atoms with van der Waals surface area (Å²) >= 11 is 0. The van der Waals surface area contributed by atoms with E-state index in [0.717, 1.165) is 29.6 Å². The van der Waals surface area contributed by atoms with Crippen molar-refractivity contribution in [1.82, 2.24) is 23.8 Å². The molecule has 14 nitrogen and oxygen atoms in total. The quantitative estimate of drug-likeness (QED) is 0.172. The van der Waals surface area contributed by atoms with Crippen molar-refractivity contribution in [2.75, 3.05) is 51.1 Å². The van der Waals surface area contributed by atoms with Gasteiger partial charge in [-0.05, 0) is 105 Å². The molecule has 0 bridgehead atoms. The van der Waals surface area contributed by atoms with E-state index in [1.54, 1.807) is 40.1 Å². The Morgan fingerprint density at radius 3 is 2.31 bits per heavy atom. The maximum Gasteiger partial charge on any atom is 0.410 e. The molecule has 14 heteroatoms. The molecule has 2 aromatic heterocycles. The number of phenols is 1. The molecule has 3 amide bonds. The number of fused-ring (bicyclic) bond motifs is 4. The van der Waals surface area contributed by atoms with Crippen LogP contribution < -0.4 is 14.4 Å². The molecule has 0 aliphatic carbocycles. The first kappa shape index (κ1) is 41.3. The molecule has 1 atom stereocenters. The van der Waals surface area contributed by atoms with Crippen LogP contribution in [0.1, 0.15) is 58.3 Å². The molecule has 64 heavy (non-hydrogen) atoms. The normalized spacial score (nSPS) is 17.3. The maximum absolute atomic E-state index is 15.6. The Balaban J connectivity index is 1.11. The van der Waals surface area contributed by atoms with Gasteiger partial charge in [-0.1, -0.05) is 24.3 Å². The van der Waals surface area contributed by atoms with Crippen LogP contribution >= 0.6 is 0 Å². The molecule has 0 spiro atoms. The Kier molecular flexibility index (Phi) is 10.6. The third kappa shape index (κ3) is 7.81. The van der Waals surface area contributed by atoms with E-state index in [-0.39, 0.29) is 36.9 Å². The lowest BCUT2D eigenvalue weighted by molar-refractivity contribution is 0.0190. The van der Waals surface area contributed by atoms with Gasteiger partial charge < -0.3 is 43.0 Å². The fourth-order valence-electron chi connectivity index (χ4n) is 9.46.